The largest absolute Gasteiger partial charge is 0.400 e. The van der Waals surface area contributed by atoms with Crippen LogP contribution in [0, 0.1) is 11.8 Å². The van der Waals surface area contributed by atoms with Crippen molar-refractivity contribution in [3.63, 3.8) is 0 Å². The Labute approximate surface area is 83.5 Å². The summed E-state index contributed by atoms with van der Waals surface area (Å²) in [5.41, 5.74) is 0. The van der Waals surface area contributed by atoms with Gasteiger partial charge in [0.1, 0.15) is 0 Å². The van der Waals surface area contributed by atoms with E-state index in [2.05, 4.69) is 13.8 Å². The van der Waals surface area contributed by atoms with Crippen molar-refractivity contribution in [1.82, 2.24) is 0 Å². The Bertz CT molecular complexity index is 95.3. The lowest BCUT2D eigenvalue weighted by atomic mass is 9.83. The summed E-state index contributed by atoms with van der Waals surface area (Å²) in [6.07, 6.45) is 10.4. The number of hydrogen-bond acceptors (Lipinski definition) is 1. The highest BCUT2D eigenvalue weighted by atomic mass is 16.2. The van der Waals surface area contributed by atoms with E-state index >= 15 is 0 Å². The Balaban J connectivity index is 0.000000671. The lowest BCUT2D eigenvalue weighted by Gasteiger charge is -2.23. The molecule has 0 aliphatic heterocycles. The lowest BCUT2D eigenvalue weighted by Crippen LogP contribution is -2.09. The molecule has 0 saturated heterocycles. The maximum atomic E-state index is 7.00. The van der Waals surface area contributed by atoms with Crippen LogP contribution in [0.4, 0.5) is 0 Å². The first kappa shape index (κ1) is 13.0. The summed E-state index contributed by atoms with van der Waals surface area (Å²) in [6, 6.07) is 0. The van der Waals surface area contributed by atoms with Gasteiger partial charge in [0.25, 0.3) is 0 Å². The van der Waals surface area contributed by atoms with E-state index in [0.717, 1.165) is 18.9 Å². The number of hydrogen-bond donors (Lipinski definition) is 1. The van der Waals surface area contributed by atoms with Crippen LogP contribution in [0.25, 0.3) is 0 Å². The second-order valence-electron chi connectivity index (χ2n) is 4.25. The van der Waals surface area contributed by atoms with E-state index in [1.54, 1.807) is 0 Å². The van der Waals surface area contributed by atoms with Gasteiger partial charge in [-0.1, -0.05) is 52.4 Å². The van der Waals surface area contributed by atoms with Crippen molar-refractivity contribution >= 4 is 0 Å². The summed E-state index contributed by atoms with van der Waals surface area (Å²) in [7, 11) is 1.00. The van der Waals surface area contributed by atoms with Crippen LogP contribution in [0.15, 0.2) is 0 Å². The summed E-state index contributed by atoms with van der Waals surface area (Å²) in [6.45, 7) is 4.71. The van der Waals surface area contributed by atoms with Crippen molar-refractivity contribution < 1.29 is 5.11 Å². The van der Waals surface area contributed by atoms with Crippen molar-refractivity contribution in [2.45, 2.75) is 58.8 Å². The quantitative estimate of drug-likeness (QED) is 0.714. The minimum atomic E-state index is 0.970. The van der Waals surface area contributed by atoms with Crippen LogP contribution in [-0.4, -0.2) is 12.2 Å². The molecule has 1 aliphatic carbocycles. The maximum absolute atomic E-state index is 7.00. The van der Waals surface area contributed by atoms with Gasteiger partial charge in [0.15, 0.2) is 0 Å². The molecule has 0 amide bonds. The van der Waals surface area contributed by atoms with E-state index in [0.29, 0.717) is 0 Å². The zero-order valence-corrected chi connectivity index (χ0v) is 9.55. The molecule has 0 aromatic heterocycles. The molecule has 1 aliphatic rings. The molecule has 1 rings (SSSR count). The van der Waals surface area contributed by atoms with E-state index in [-0.39, 0.29) is 0 Å². The number of rotatable bonds is 3. The predicted molar refractivity (Wildman–Crippen MR) is 58.8 cm³/mol. The van der Waals surface area contributed by atoms with Crippen LogP contribution in [0.5, 0.6) is 0 Å². The van der Waals surface area contributed by atoms with Gasteiger partial charge in [-0.25, -0.2) is 0 Å². The van der Waals surface area contributed by atoms with Crippen LogP contribution in [0.3, 0.4) is 0 Å². The molecule has 13 heavy (non-hydrogen) atoms. The number of aliphatic hydroxyl groups is 1. The van der Waals surface area contributed by atoms with Gasteiger partial charge in [0, 0.05) is 7.11 Å². The Morgan fingerprint density at radius 3 is 2.15 bits per heavy atom. The van der Waals surface area contributed by atoms with Gasteiger partial charge >= 0.3 is 0 Å². The first-order chi connectivity index (χ1) is 6.33. The molecule has 0 aromatic rings. The third kappa shape index (κ3) is 6.09. The monoisotopic (exact) mass is 186 g/mol. The van der Waals surface area contributed by atoms with Gasteiger partial charge in [0.2, 0.25) is 0 Å². The molecule has 0 aromatic carbocycles. The molecule has 0 heterocycles. The third-order valence-electron chi connectivity index (χ3n) is 3.16. The predicted octanol–water partition coefficient (Wildman–Crippen LogP) is 3.61. The van der Waals surface area contributed by atoms with Crippen LogP contribution < -0.4 is 0 Å². The molecule has 80 valence electrons. The molecule has 0 radical (unpaired) electrons. The minimum Gasteiger partial charge on any atom is -0.400 e. The summed E-state index contributed by atoms with van der Waals surface area (Å²) in [5, 5.41) is 7.00. The Morgan fingerprint density at radius 2 is 1.69 bits per heavy atom. The van der Waals surface area contributed by atoms with Crippen molar-refractivity contribution in [2.24, 2.45) is 11.8 Å². The smallest absolute Gasteiger partial charge is 0.0319 e. The fourth-order valence-electron chi connectivity index (χ4n) is 2.16. The Morgan fingerprint density at radius 1 is 1.15 bits per heavy atom. The first-order valence-corrected chi connectivity index (χ1v) is 5.77. The summed E-state index contributed by atoms with van der Waals surface area (Å²) < 4.78 is 0. The molecule has 0 spiro atoms. The third-order valence-corrected chi connectivity index (χ3v) is 3.16. The molecule has 1 heteroatoms. The molecule has 1 saturated carbocycles. The fourth-order valence-corrected chi connectivity index (χ4v) is 2.16. The van der Waals surface area contributed by atoms with E-state index in [1.165, 1.54) is 44.9 Å². The number of aliphatic hydroxyl groups excluding tert-OH is 1. The van der Waals surface area contributed by atoms with E-state index in [9.17, 15) is 0 Å². The van der Waals surface area contributed by atoms with Crippen LogP contribution in [0.1, 0.15) is 58.8 Å². The van der Waals surface area contributed by atoms with Crippen molar-refractivity contribution in [1.29, 1.82) is 0 Å². The van der Waals surface area contributed by atoms with Crippen LogP contribution in [-0.2, 0) is 0 Å². The normalized spacial score (nSPS) is 20.3. The topological polar surface area (TPSA) is 20.2 Å². The summed E-state index contributed by atoms with van der Waals surface area (Å²) in [4.78, 5) is 0. The molecule has 1 unspecified atom stereocenters. The lowest BCUT2D eigenvalue weighted by molar-refractivity contribution is 0.293. The average molecular weight is 186 g/mol. The zero-order chi connectivity index (χ0) is 10.1. The van der Waals surface area contributed by atoms with Gasteiger partial charge < -0.3 is 5.11 Å². The highest BCUT2D eigenvalue weighted by Gasteiger charge is 2.14. The van der Waals surface area contributed by atoms with Gasteiger partial charge in [-0.3, -0.25) is 0 Å². The SMILES string of the molecule is CCC(C)CC1CCCCC1.CO. The second-order valence-corrected chi connectivity index (χ2v) is 4.25. The Hall–Kier alpha value is -0.0400. The Kier molecular flexibility index (Phi) is 8.53. The first-order valence-electron chi connectivity index (χ1n) is 5.77. The van der Waals surface area contributed by atoms with Crippen molar-refractivity contribution in [3.05, 3.63) is 0 Å². The van der Waals surface area contributed by atoms with Gasteiger partial charge in [-0.05, 0) is 18.3 Å². The van der Waals surface area contributed by atoms with Crippen LogP contribution >= 0.6 is 0 Å². The summed E-state index contributed by atoms with van der Waals surface area (Å²) in [5.74, 6) is 2.05. The molecule has 1 nitrogen and oxygen atoms in total. The van der Waals surface area contributed by atoms with Gasteiger partial charge in [-0.2, -0.15) is 0 Å². The minimum absolute atomic E-state index is 0.970. The van der Waals surface area contributed by atoms with E-state index in [1.807, 2.05) is 0 Å². The van der Waals surface area contributed by atoms with E-state index < -0.39 is 0 Å². The highest BCUT2D eigenvalue weighted by Crippen LogP contribution is 2.29. The molecule has 1 N–H and O–H groups in total. The van der Waals surface area contributed by atoms with E-state index in [4.69, 9.17) is 5.11 Å². The second kappa shape index (κ2) is 8.55. The van der Waals surface area contributed by atoms with Crippen molar-refractivity contribution in [3.8, 4) is 0 Å². The maximum Gasteiger partial charge on any atom is 0.0319 e. The standard InChI is InChI=1S/C11H22.CH4O/c1-3-10(2)9-11-7-5-4-6-8-11;1-2/h10-11H,3-9H2,1-2H3;2H,1H3. The molecular weight excluding hydrogens is 160 g/mol. The fraction of sp³-hybridized carbons (Fsp3) is 1.00. The van der Waals surface area contributed by atoms with Crippen molar-refractivity contribution in [2.75, 3.05) is 7.11 Å². The average Bonchev–Trinajstić information content (AvgIpc) is 2.22. The highest BCUT2D eigenvalue weighted by molar-refractivity contribution is 4.67. The van der Waals surface area contributed by atoms with Gasteiger partial charge in [-0.15, -0.1) is 0 Å². The summed E-state index contributed by atoms with van der Waals surface area (Å²) >= 11 is 0. The van der Waals surface area contributed by atoms with Gasteiger partial charge in [0.05, 0.1) is 0 Å². The molecule has 0 bridgehead atoms. The zero-order valence-electron chi connectivity index (χ0n) is 9.55. The molecular formula is C12H26O. The molecule has 1 fully saturated rings. The molecule has 1 atom stereocenters. The van der Waals surface area contributed by atoms with Crippen LogP contribution in [0.2, 0.25) is 0 Å².